The summed E-state index contributed by atoms with van der Waals surface area (Å²) in [4.78, 5) is 2.70. The van der Waals surface area contributed by atoms with Gasteiger partial charge in [-0.15, -0.1) is 0 Å². The zero-order valence-electron chi connectivity index (χ0n) is 15.4. The number of likely N-dealkylation sites (tertiary alicyclic amines) is 1. The first-order chi connectivity index (χ1) is 10.3. The molecule has 0 aromatic heterocycles. The number of nitrogens with zero attached hydrogens (tertiary/aromatic N) is 1. The molecule has 0 N–H and O–H groups in total. The third-order valence-corrected chi connectivity index (χ3v) is 5.42. The van der Waals surface area contributed by atoms with E-state index in [1.807, 2.05) is 0 Å². The molecule has 0 bridgehead atoms. The van der Waals surface area contributed by atoms with Gasteiger partial charge in [-0.1, -0.05) is 71.4 Å². The molecule has 1 aromatic carbocycles. The lowest BCUT2D eigenvalue weighted by Crippen LogP contribution is -2.41. The molecule has 0 saturated carbocycles. The monoisotopic (exact) mass is 301 g/mol. The minimum absolute atomic E-state index is 0.416. The lowest BCUT2D eigenvalue weighted by molar-refractivity contribution is 0.102. The van der Waals surface area contributed by atoms with Gasteiger partial charge < -0.3 is 4.90 Å². The Labute approximate surface area is 138 Å². The van der Waals surface area contributed by atoms with Crippen molar-refractivity contribution in [2.75, 3.05) is 19.6 Å². The summed E-state index contributed by atoms with van der Waals surface area (Å²) in [5.74, 6) is 0.771. The topological polar surface area (TPSA) is 3.24 Å². The van der Waals surface area contributed by atoms with Gasteiger partial charge in [0.15, 0.2) is 0 Å². The summed E-state index contributed by atoms with van der Waals surface area (Å²) in [5, 5.41) is 0. The Kier molecular flexibility index (Phi) is 5.71. The maximum atomic E-state index is 2.70. The van der Waals surface area contributed by atoms with Gasteiger partial charge in [0.05, 0.1) is 0 Å². The molecule has 2 rings (SSSR count). The summed E-state index contributed by atoms with van der Waals surface area (Å²) in [7, 11) is 0. The van der Waals surface area contributed by atoms with E-state index < -0.39 is 0 Å². The largest absolute Gasteiger partial charge is 0.303 e. The van der Waals surface area contributed by atoms with Crippen LogP contribution in [0.4, 0.5) is 0 Å². The standard InChI is InChI=1S/C21H35N/c1-6-20(2,3)16-21(4,5)17-22-14-12-19(13-15-22)18-10-8-7-9-11-18/h7-11,19H,6,12-17H2,1-5H3. The molecule has 0 aliphatic carbocycles. The summed E-state index contributed by atoms with van der Waals surface area (Å²) in [6.07, 6.45) is 5.22. The minimum atomic E-state index is 0.416. The van der Waals surface area contributed by atoms with E-state index in [0.29, 0.717) is 10.8 Å². The summed E-state index contributed by atoms with van der Waals surface area (Å²) in [6, 6.07) is 11.1. The zero-order chi connectivity index (χ0) is 16.2. The number of benzene rings is 1. The molecule has 1 aliphatic heterocycles. The molecule has 0 radical (unpaired) electrons. The van der Waals surface area contributed by atoms with Crippen LogP contribution in [0.2, 0.25) is 0 Å². The van der Waals surface area contributed by atoms with Gasteiger partial charge in [-0.3, -0.25) is 0 Å². The van der Waals surface area contributed by atoms with E-state index in [-0.39, 0.29) is 0 Å². The van der Waals surface area contributed by atoms with Crippen LogP contribution in [0.15, 0.2) is 30.3 Å². The third kappa shape index (κ3) is 5.12. The van der Waals surface area contributed by atoms with Gasteiger partial charge in [-0.25, -0.2) is 0 Å². The van der Waals surface area contributed by atoms with E-state index in [0.717, 1.165) is 5.92 Å². The SMILES string of the molecule is CCC(C)(C)CC(C)(C)CN1CCC(c2ccccc2)CC1. The van der Waals surface area contributed by atoms with Crippen LogP contribution in [0, 0.1) is 10.8 Å². The highest BCUT2D eigenvalue weighted by Crippen LogP contribution is 2.37. The molecule has 22 heavy (non-hydrogen) atoms. The lowest BCUT2D eigenvalue weighted by Gasteiger charge is -2.40. The molecule has 1 heterocycles. The fourth-order valence-corrected chi connectivity index (χ4v) is 4.23. The number of rotatable bonds is 6. The number of hydrogen-bond acceptors (Lipinski definition) is 1. The van der Waals surface area contributed by atoms with Crippen LogP contribution in [0.3, 0.4) is 0 Å². The van der Waals surface area contributed by atoms with Crippen LogP contribution in [-0.2, 0) is 0 Å². The van der Waals surface area contributed by atoms with Crippen molar-refractivity contribution in [1.29, 1.82) is 0 Å². The fourth-order valence-electron chi connectivity index (χ4n) is 4.23. The Balaban J connectivity index is 1.84. The van der Waals surface area contributed by atoms with Crippen LogP contribution in [0.1, 0.15) is 71.8 Å². The van der Waals surface area contributed by atoms with Gasteiger partial charge in [0, 0.05) is 6.54 Å². The normalized spacial score (nSPS) is 18.6. The maximum absolute atomic E-state index is 2.70. The second-order valence-electron chi connectivity index (χ2n) is 8.82. The maximum Gasteiger partial charge on any atom is 0.00329 e. The van der Waals surface area contributed by atoms with E-state index in [1.165, 1.54) is 50.9 Å². The average Bonchev–Trinajstić information content (AvgIpc) is 2.47. The zero-order valence-corrected chi connectivity index (χ0v) is 15.4. The number of hydrogen-bond donors (Lipinski definition) is 0. The van der Waals surface area contributed by atoms with Gasteiger partial charge in [0.25, 0.3) is 0 Å². The van der Waals surface area contributed by atoms with Crippen molar-refractivity contribution < 1.29 is 0 Å². The highest BCUT2D eigenvalue weighted by molar-refractivity contribution is 5.20. The van der Waals surface area contributed by atoms with E-state index in [1.54, 1.807) is 0 Å². The van der Waals surface area contributed by atoms with Crippen molar-refractivity contribution in [3.8, 4) is 0 Å². The van der Waals surface area contributed by atoms with Gasteiger partial charge in [-0.2, -0.15) is 0 Å². The van der Waals surface area contributed by atoms with Gasteiger partial charge in [0.1, 0.15) is 0 Å². The second-order valence-corrected chi connectivity index (χ2v) is 8.82. The van der Waals surface area contributed by atoms with Crippen LogP contribution < -0.4 is 0 Å². The molecule has 1 fully saturated rings. The molecule has 1 nitrogen and oxygen atoms in total. The van der Waals surface area contributed by atoms with Gasteiger partial charge >= 0.3 is 0 Å². The Hall–Kier alpha value is -0.820. The molecule has 0 unspecified atom stereocenters. The molecular formula is C21H35N. The summed E-state index contributed by atoms with van der Waals surface area (Å²) < 4.78 is 0. The van der Waals surface area contributed by atoms with Crippen molar-refractivity contribution in [1.82, 2.24) is 4.90 Å². The Bertz CT molecular complexity index is 438. The molecule has 0 atom stereocenters. The van der Waals surface area contributed by atoms with Crippen LogP contribution in [-0.4, -0.2) is 24.5 Å². The summed E-state index contributed by atoms with van der Waals surface area (Å²) >= 11 is 0. The van der Waals surface area contributed by atoms with E-state index >= 15 is 0 Å². The molecule has 1 saturated heterocycles. The average molecular weight is 302 g/mol. The third-order valence-electron chi connectivity index (χ3n) is 5.42. The van der Waals surface area contributed by atoms with Crippen molar-refractivity contribution in [2.45, 2.75) is 66.2 Å². The van der Waals surface area contributed by atoms with Crippen LogP contribution >= 0.6 is 0 Å². The first-order valence-corrected chi connectivity index (χ1v) is 9.09. The Morgan fingerprint density at radius 3 is 2.09 bits per heavy atom. The molecule has 0 amide bonds. The molecule has 1 aliphatic rings. The Morgan fingerprint density at radius 2 is 1.55 bits per heavy atom. The number of piperidine rings is 1. The summed E-state index contributed by atoms with van der Waals surface area (Å²) in [6.45, 7) is 15.8. The highest BCUT2D eigenvalue weighted by atomic mass is 15.1. The van der Waals surface area contributed by atoms with E-state index in [2.05, 4.69) is 69.9 Å². The second kappa shape index (κ2) is 7.17. The molecule has 1 heteroatoms. The van der Waals surface area contributed by atoms with E-state index in [4.69, 9.17) is 0 Å². The van der Waals surface area contributed by atoms with Crippen LogP contribution in [0.5, 0.6) is 0 Å². The van der Waals surface area contributed by atoms with Crippen molar-refractivity contribution in [3.63, 3.8) is 0 Å². The van der Waals surface area contributed by atoms with Crippen LogP contribution in [0.25, 0.3) is 0 Å². The smallest absolute Gasteiger partial charge is 0.00329 e. The molecule has 0 spiro atoms. The quantitative estimate of drug-likeness (QED) is 0.649. The predicted molar refractivity (Wildman–Crippen MR) is 97.3 cm³/mol. The lowest BCUT2D eigenvalue weighted by atomic mass is 9.73. The molecule has 124 valence electrons. The minimum Gasteiger partial charge on any atom is -0.303 e. The van der Waals surface area contributed by atoms with E-state index in [9.17, 15) is 0 Å². The Morgan fingerprint density at radius 1 is 0.955 bits per heavy atom. The summed E-state index contributed by atoms with van der Waals surface area (Å²) in [5.41, 5.74) is 2.42. The predicted octanol–water partition coefficient (Wildman–Crippen LogP) is 5.72. The van der Waals surface area contributed by atoms with Gasteiger partial charge in [0.2, 0.25) is 0 Å². The van der Waals surface area contributed by atoms with Crippen molar-refractivity contribution in [2.24, 2.45) is 10.8 Å². The highest BCUT2D eigenvalue weighted by Gasteiger charge is 2.30. The fraction of sp³-hybridized carbons (Fsp3) is 0.714. The first kappa shape index (κ1) is 17.5. The van der Waals surface area contributed by atoms with Gasteiger partial charge in [-0.05, 0) is 54.7 Å². The molecular weight excluding hydrogens is 266 g/mol. The van der Waals surface area contributed by atoms with Crippen molar-refractivity contribution in [3.05, 3.63) is 35.9 Å². The van der Waals surface area contributed by atoms with Crippen molar-refractivity contribution >= 4 is 0 Å². The first-order valence-electron chi connectivity index (χ1n) is 9.09. The molecule has 1 aromatic rings.